The lowest BCUT2D eigenvalue weighted by molar-refractivity contribution is 0.324. The minimum Gasteiger partial charge on any atom is -0.324 e. The lowest BCUT2D eigenvalue weighted by Gasteiger charge is -2.23. The summed E-state index contributed by atoms with van der Waals surface area (Å²) in [5.74, 6) is 1.65. The van der Waals surface area contributed by atoms with Crippen LogP contribution < -0.4 is 5.73 Å². The lowest BCUT2D eigenvalue weighted by atomic mass is 9.84. The molecular weight excluding hydrogens is 242 g/mol. The molecule has 0 saturated heterocycles. The van der Waals surface area contributed by atoms with Gasteiger partial charge in [0.15, 0.2) is 0 Å². The van der Waals surface area contributed by atoms with E-state index in [9.17, 15) is 0 Å². The van der Waals surface area contributed by atoms with Gasteiger partial charge in [-0.2, -0.15) is 0 Å². The SMILES string of the molecule is CC(C)Cc1cccc(C(N)CCC2CCCCC2)c1. The Bertz CT molecular complexity index is 391. The molecule has 0 heterocycles. The Kier molecular flexibility index (Phi) is 6.09. The Morgan fingerprint density at radius 3 is 2.60 bits per heavy atom. The molecular formula is C19H31N. The summed E-state index contributed by atoms with van der Waals surface area (Å²) in [7, 11) is 0. The first-order valence-corrected chi connectivity index (χ1v) is 8.49. The van der Waals surface area contributed by atoms with Gasteiger partial charge in [0.05, 0.1) is 0 Å². The van der Waals surface area contributed by atoms with Gasteiger partial charge in [-0.05, 0) is 42.2 Å². The standard InChI is InChI=1S/C19H31N/c1-15(2)13-17-9-6-10-18(14-17)19(20)12-11-16-7-4-3-5-8-16/h6,9-10,14-16,19H,3-5,7-8,11-13,20H2,1-2H3. The van der Waals surface area contributed by atoms with Gasteiger partial charge in [-0.15, -0.1) is 0 Å². The highest BCUT2D eigenvalue weighted by molar-refractivity contribution is 5.26. The van der Waals surface area contributed by atoms with Crippen molar-refractivity contribution in [1.82, 2.24) is 0 Å². The predicted molar refractivity (Wildman–Crippen MR) is 87.7 cm³/mol. The van der Waals surface area contributed by atoms with Gasteiger partial charge in [-0.3, -0.25) is 0 Å². The monoisotopic (exact) mass is 273 g/mol. The maximum atomic E-state index is 6.41. The predicted octanol–water partition coefficient (Wildman–Crippen LogP) is 5.25. The number of rotatable bonds is 6. The number of hydrogen-bond acceptors (Lipinski definition) is 1. The molecule has 2 rings (SSSR count). The molecule has 1 fully saturated rings. The summed E-state index contributed by atoms with van der Waals surface area (Å²) < 4.78 is 0. The fourth-order valence-electron chi connectivity index (χ4n) is 3.48. The number of hydrogen-bond donors (Lipinski definition) is 1. The summed E-state index contributed by atoms with van der Waals surface area (Å²) in [6.07, 6.45) is 10.8. The van der Waals surface area contributed by atoms with E-state index in [-0.39, 0.29) is 6.04 Å². The van der Waals surface area contributed by atoms with Crippen LogP contribution in [0.15, 0.2) is 24.3 Å². The first kappa shape index (κ1) is 15.6. The van der Waals surface area contributed by atoms with Crippen LogP contribution in [0.4, 0.5) is 0 Å². The third kappa shape index (κ3) is 4.94. The van der Waals surface area contributed by atoms with E-state index in [1.807, 2.05) is 0 Å². The van der Waals surface area contributed by atoms with Gasteiger partial charge in [0.2, 0.25) is 0 Å². The third-order valence-electron chi connectivity index (χ3n) is 4.63. The van der Waals surface area contributed by atoms with Crippen molar-refractivity contribution in [2.24, 2.45) is 17.6 Å². The summed E-state index contributed by atoms with van der Waals surface area (Å²) >= 11 is 0. The first-order valence-electron chi connectivity index (χ1n) is 8.49. The maximum absolute atomic E-state index is 6.41. The van der Waals surface area contributed by atoms with Crippen molar-refractivity contribution in [1.29, 1.82) is 0 Å². The molecule has 1 aromatic rings. The van der Waals surface area contributed by atoms with Gasteiger partial charge < -0.3 is 5.73 Å². The van der Waals surface area contributed by atoms with Crippen LogP contribution in [-0.2, 0) is 6.42 Å². The lowest BCUT2D eigenvalue weighted by Crippen LogP contribution is -2.14. The highest BCUT2D eigenvalue weighted by Crippen LogP contribution is 2.29. The molecule has 1 saturated carbocycles. The average molecular weight is 273 g/mol. The normalized spacial score (nSPS) is 18.4. The zero-order chi connectivity index (χ0) is 14.4. The van der Waals surface area contributed by atoms with E-state index >= 15 is 0 Å². The minimum absolute atomic E-state index is 0.226. The Hall–Kier alpha value is -0.820. The van der Waals surface area contributed by atoms with Crippen molar-refractivity contribution in [3.05, 3.63) is 35.4 Å². The van der Waals surface area contributed by atoms with Gasteiger partial charge in [0.25, 0.3) is 0 Å². The second-order valence-electron chi connectivity index (χ2n) is 7.03. The molecule has 0 bridgehead atoms. The Labute approximate surface area is 125 Å². The van der Waals surface area contributed by atoms with Crippen LogP contribution in [-0.4, -0.2) is 0 Å². The van der Waals surface area contributed by atoms with E-state index in [1.54, 1.807) is 0 Å². The molecule has 2 N–H and O–H groups in total. The fraction of sp³-hybridized carbons (Fsp3) is 0.684. The summed E-state index contributed by atoms with van der Waals surface area (Å²) in [4.78, 5) is 0. The van der Waals surface area contributed by atoms with Gasteiger partial charge in [0.1, 0.15) is 0 Å². The van der Waals surface area contributed by atoms with Crippen molar-refractivity contribution < 1.29 is 0 Å². The zero-order valence-corrected chi connectivity index (χ0v) is 13.3. The Morgan fingerprint density at radius 1 is 1.15 bits per heavy atom. The molecule has 0 spiro atoms. The van der Waals surface area contributed by atoms with Crippen molar-refractivity contribution >= 4 is 0 Å². The molecule has 112 valence electrons. The molecule has 0 aliphatic heterocycles. The van der Waals surface area contributed by atoms with Crippen LogP contribution >= 0.6 is 0 Å². The highest BCUT2D eigenvalue weighted by Gasteiger charge is 2.15. The number of nitrogens with two attached hydrogens (primary N) is 1. The van der Waals surface area contributed by atoms with Gasteiger partial charge >= 0.3 is 0 Å². The molecule has 20 heavy (non-hydrogen) atoms. The van der Waals surface area contributed by atoms with Crippen LogP contribution in [0.5, 0.6) is 0 Å². The van der Waals surface area contributed by atoms with Crippen LogP contribution in [0.3, 0.4) is 0 Å². The average Bonchev–Trinajstić information content (AvgIpc) is 2.45. The summed E-state index contributed by atoms with van der Waals surface area (Å²) in [6.45, 7) is 4.55. The van der Waals surface area contributed by atoms with E-state index in [0.717, 1.165) is 18.8 Å². The van der Waals surface area contributed by atoms with E-state index in [2.05, 4.69) is 38.1 Å². The number of benzene rings is 1. The second kappa shape index (κ2) is 7.83. The molecule has 1 unspecified atom stereocenters. The molecule has 1 atom stereocenters. The molecule has 1 aliphatic carbocycles. The second-order valence-corrected chi connectivity index (χ2v) is 7.03. The molecule has 1 heteroatoms. The molecule has 0 aromatic heterocycles. The van der Waals surface area contributed by atoms with E-state index in [4.69, 9.17) is 5.73 Å². The van der Waals surface area contributed by atoms with Crippen LogP contribution in [0.1, 0.15) is 76.0 Å². The Morgan fingerprint density at radius 2 is 1.90 bits per heavy atom. The molecule has 1 aliphatic rings. The van der Waals surface area contributed by atoms with Crippen molar-refractivity contribution in [2.75, 3.05) is 0 Å². The summed E-state index contributed by atoms with van der Waals surface area (Å²) in [5.41, 5.74) is 9.18. The highest BCUT2D eigenvalue weighted by atomic mass is 14.6. The van der Waals surface area contributed by atoms with Gasteiger partial charge in [-0.1, -0.05) is 70.2 Å². The molecule has 0 radical (unpaired) electrons. The molecule has 1 aromatic carbocycles. The van der Waals surface area contributed by atoms with Gasteiger partial charge in [-0.25, -0.2) is 0 Å². The smallest absolute Gasteiger partial charge is 0.0295 e. The van der Waals surface area contributed by atoms with Crippen LogP contribution in [0, 0.1) is 11.8 Å². The van der Waals surface area contributed by atoms with Crippen LogP contribution in [0.25, 0.3) is 0 Å². The minimum atomic E-state index is 0.226. The van der Waals surface area contributed by atoms with Crippen molar-refractivity contribution in [2.45, 2.75) is 71.3 Å². The van der Waals surface area contributed by atoms with E-state index in [0.29, 0.717) is 5.92 Å². The van der Waals surface area contributed by atoms with Crippen LogP contribution in [0.2, 0.25) is 0 Å². The fourth-order valence-corrected chi connectivity index (χ4v) is 3.48. The first-order chi connectivity index (χ1) is 9.65. The molecule has 0 amide bonds. The topological polar surface area (TPSA) is 26.0 Å². The summed E-state index contributed by atoms with van der Waals surface area (Å²) in [6, 6.07) is 9.16. The Balaban J connectivity index is 1.86. The quantitative estimate of drug-likeness (QED) is 0.753. The van der Waals surface area contributed by atoms with E-state index in [1.165, 1.54) is 49.7 Å². The zero-order valence-electron chi connectivity index (χ0n) is 13.3. The molecule has 1 nitrogen and oxygen atoms in total. The van der Waals surface area contributed by atoms with Crippen molar-refractivity contribution in [3.8, 4) is 0 Å². The van der Waals surface area contributed by atoms with E-state index < -0.39 is 0 Å². The van der Waals surface area contributed by atoms with Gasteiger partial charge in [0, 0.05) is 6.04 Å². The van der Waals surface area contributed by atoms with Crippen molar-refractivity contribution in [3.63, 3.8) is 0 Å². The largest absolute Gasteiger partial charge is 0.324 e. The third-order valence-corrected chi connectivity index (χ3v) is 4.63. The maximum Gasteiger partial charge on any atom is 0.0295 e. The summed E-state index contributed by atoms with van der Waals surface area (Å²) in [5, 5.41) is 0.